The first-order valence-corrected chi connectivity index (χ1v) is 5.52. The summed E-state index contributed by atoms with van der Waals surface area (Å²) in [6.45, 7) is -0.153. The fourth-order valence-electron chi connectivity index (χ4n) is 1.91. The van der Waals surface area contributed by atoms with Crippen LogP contribution in [0, 0.1) is 11.6 Å². The van der Waals surface area contributed by atoms with Gasteiger partial charge >= 0.3 is 0 Å². The first-order chi connectivity index (χ1) is 8.47. The van der Waals surface area contributed by atoms with E-state index in [0.717, 1.165) is 23.1 Å². The molecule has 96 valence electrons. The van der Waals surface area contributed by atoms with Crippen molar-refractivity contribution in [1.29, 1.82) is 0 Å². The first kappa shape index (κ1) is 12.6. The molecule has 0 saturated carbocycles. The maximum absolute atomic E-state index is 13.0. The van der Waals surface area contributed by atoms with Crippen molar-refractivity contribution in [3.8, 4) is 0 Å². The van der Waals surface area contributed by atoms with Gasteiger partial charge in [-0.15, -0.1) is 0 Å². The van der Waals surface area contributed by atoms with Gasteiger partial charge in [0.1, 0.15) is 11.6 Å². The van der Waals surface area contributed by atoms with Gasteiger partial charge in [0, 0.05) is 12.5 Å². The molecule has 0 radical (unpaired) electrons. The maximum Gasteiger partial charge on any atom is 0.246 e. The number of halogens is 2. The molecular formula is C12H12F2N2O2. The van der Waals surface area contributed by atoms with E-state index < -0.39 is 23.6 Å². The third-order valence-corrected chi connectivity index (χ3v) is 2.82. The van der Waals surface area contributed by atoms with Gasteiger partial charge in [0.05, 0.1) is 12.6 Å². The van der Waals surface area contributed by atoms with E-state index in [-0.39, 0.29) is 24.4 Å². The lowest BCUT2D eigenvalue weighted by Gasteiger charge is -2.28. The Hall–Kier alpha value is -1.82. The topological polar surface area (TPSA) is 63.4 Å². The zero-order valence-electron chi connectivity index (χ0n) is 9.53. The fraction of sp³-hybridized carbons (Fsp3) is 0.333. The molecule has 2 N–H and O–H groups in total. The molecule has 18 heavy (non-hydrogen) atoms. The average Bonchev–Trinajstić information content (AvgIpc) is 2.28. The Bertz CT molecular complexity index is 485. The van der Waals surface area contributed by atoms with Crippen molar-refractivity contribution in [2.45, 2.75) is 25.4 Å². The van der Waals surface area contributed by atoms with Crippen molar-refractivity contribution >= 4 is 11.8 Å². The van der Waals surface area contributed by atoms with Gasteiger partial charge in [0.25, 0.3) is 0 Å². The molecule has 1 fully saturated rings. The van der Waals surface area contributed by atoms with Crippen molar-refractivity contribution in [3.05, 3.63) is 35.4 Å². The van der Waals surface area contributed by atoms with Crippen LogP contribution < -0.4 is 5.73 Å². The Morgan fingerprint density at radius 2 is 1.83 bits per heavy atom. The van der Waals surface area contributed by atoms with Gasteiger partial charge < -0.3 is 5.73 Å². The highest BCUT2D eigenvalue weighted by atomic mass is 19.1. The number of amides is 2. The number of hydrogen-bond donors (Lipinski definition) is 1. The molecule has 1 atom stereocenters. The molecule has 1 aromatic carbocycles. The number of nitrogens with zero attached hydrogens (tertiary/aromatic N) is 1. The van der Waals surface area contributed by atoms with E-state index in [4.69, 9.17) is 5.73 Å². The summed E-state index contributed by atoms with van der Waals surface area (Å²) in [6, 6.07) is 2.18. The van der Waals surface area contributed by atoms with Crippen LogP contribution >= 0.6 is 0 Å². The quantitative estimate of drug-likeness (QED) is 0.799. The molecule has 6 heteroatoms. The van der Waals surface area contributed by atoms with Crippen molar-refractivity contribution in [2.24, 2.45) is 5.73 Å². The molecule has 2 amide bonds. The predicted molar refractivity (Wildman–Crippen MR) is 59.1 cm³/mol. The number of likely N-dealkylation sites (tertiary alicyclic amines) is 1. The average molecular weight is 254 g/mol. The lowest BCUT2D eigenvalue weighted by Crippen LogP contribution is -2.50. The molecule has 1 aromatic rings. The highest BCUT2D eigenvalue weighted by molar-refractivity contribution is 6.00. The minimum atomic E-state index is -0.744. The minimum Gasteiger partial charge on any atom is -0.320 e. The number of hydrogen-bond acceptors (Lipinski definition) is 3. The fourth-order valence-corrected chi connectivity index (χ4v) is 1.91. The summed E-state index contributed by atoms with van der Waals surface area (Å²) in [7, 11) is 0. The smallest absolute Gasteiger partial charge is 0.246 e. The Balaban J connectivity index is 2.21. The SMILES string of the molecule is NC1CCC(=O)N(Cc2cc(F)cc(F)c2)C1=O. The molecule has 0 spiro atoms. The normalized spacial score (nSPS) is 20.4. The van der Waals surface area contributed by atoms with E-state index in [1.807, 2.05) is 0 Å². The molecule has 1 unspecified atom stereocenters. The first-order valence-electron chi connectivity index (χ1n) is 5.52. The molecule has 0 aromatic heterocycles. The van der Waals surface area contributed by atoms with Crippen molar-refractivity contribution in [1.82, 2.24) is 4.90 Å². The summed E-state index contributed by atoms with van der Waals surface area (Å²) in [5.41, 5.74) is 5.78. The van der Waals surface area contributed by atoms with Crippen LogP contribution in [0.3, 0.4) is 0 Å². The second-order valence-corrected chi connectivity index (χ2v) is 4.24. The van der Waals surface area contributed by atoms with E-state index in [1.165, 1.54) is 0 Å². The Morgan fingerprint density at radius 3 is 2.44 bits per heavy atom. The number of carbonyl (C=O) groups is 2. The molecule has 0 aliphatic carbocycles. The third-order valence-electron chi connectivity index (χ3n) is 2.82. The zero-order chi connectivity index (χ0) is 13.3. The monoisotopic (exact) mass is 254 g/mol. The Kier molecular flexibility index (Phi) is 3.38. The molecule has 0 bridgehead atoms. The number of benzene rings is 1. The van der Waals surface area contributed by atoms with Crippen LogP contribution in [0.1, 0.15) is 18.4 Å². The molecule has 1 heterocycles. The summed E-state index contributed by atoms with van der Waals surface area (Å²) in [5, 5.41) is 0. The third kappa shape index (κ3) is 2.53. The van der Waals surface area contributed by atoms with Crippen LogP contribution in [0.5, 0.6) is 0 Å². The summed E-state index contributed by atoms with van der Waals surface area (Å²) in [6.07, 6.45) is 0.483. The van der Waals surface area contributed by atoms with E-state index in [0.29, 0.717) is 6.42 Å². The van der Waals surface area contributed by atoms with Gasteiger partial charge in [-0.25, -0.2) is 8.78 Å². The van der Waals surface area contributed by atoms with Gasteiger partial charge in [-0.3, -0.25) is 14.5 Å². The zero-order valence-corrected chi connectivity index (χ0v) is 9.53. The van der Waals surface area contributed by atoms with Gasteiger partial charge in [-0.05, 0) is 24.1 Å². The second-order valence-electron chi connectivity index (χ2n) is 4.24. The van der Waals surface area contributed by atoms with E-state index >= 15 is 0 Å². The van der Waals surface area contributed by atoms with E-state index in [1.54, 1.807) is 0 Å². The molecular weight excluding hydrogens is 242 g/mol. The number of imide groups is 1. The van der Waals surface area contributed by atoms with Crippen LogP contribution in [0.15, 0.2) is 18.2 Å². The summed E-state index contributed by atoms with van der Waals surface area (Å²) in [4.78, 5) is 24.2. The van der Waals surface area contributed by atoms with Gasteiger partial charge in [-0.2, -0.15) is 0 Å². The number of nitrogens with two attached hydrogens (primary N) is 1. The molecule has 1 saturated heterocycles. The highest BCUT2D eigenvalue weighted by Crippen LogP contribution is 2.16. The van der Waals surface area contributed by atoms with Crippen LogP contribution in [0.4, 0.5) is 8.78 Å². The van der Waals surface area contributed by atoms with Gasteiger partial charge in [0.2, 0.25) is 11.8 Å². The molecule has 1 aliphatic rings. The van der Waals surface area contributed by atoms with E-state index in [9.17, 15) is 18.4 Å². The number of piperidine rings is 1. The van der Waals surface area contributed by atoms with Crippen LogP contribution in [-0.4, -0.2) is 22.8 Å². The van der Waals surface area contributed by atoms with Crippen molar-refractivity contribution in [3.63, 3.8) is 0 Å². The van der Waals surface area contributed by atoms with Crippen molar-refractivity contribution < 1.29 is 18.4 Å². The van der Waals surface area contributed by atoms with Crippen LogP contribution in [0.2, 0.25) is 0 Å². The number of carbonyl (C=O) groups excluding carboxylic acids is 2. The number of rotatable bonds is 2. The predicted octanol–water partition coefficient (Wildman–Crippen LogP) is 0.941. The van der Waals surface area contributed by atoms with Crippen LogP contribution in [-0.2, 0) is 16.1 Å². The highest BCUT2D eigenvalue weighted by Gasteiger charge is 2.31. The van der Waals surface area contributed by atoms with Crippen molar-refractivity contribution in [2.75, 3.05) is 0 Å². The van der Waals surface area contributed by atoms with Crippen LogP contribution in [0.25, 0.3) is 0 Å². The van der Waals surface area contributed by atoms with Gasteiger partial charge in [-0.1, -0.05) is 0 Å². The standard InChI is InChI=1S/C12H12F2N2O2/c13-8-3-7(4-9(14)5-8)6-16-11(17)2-1-10(15)12(16)18/h3-5,10H,1-2,6,15H2. The molecule has 2 rings (SSSR count). The maximum atomic E-state index is 13.0. The molecule has 1 aliphatic heterocycles. The largest absolute Gasteiger partial charge is 0.320 e. The molecule has 4 nitrogen and oxygen atoms in total. The summed E-state index contributed by atoms with van der Waals surface area (Å²) < 4.78 is 26.0. The Labute approximate surface area is 102 Å². The summed E-state index contributed by atoms with van der Waals surface area (Å²) >= 11 is 0. The minimum absolute atomic E-state index is 0.153. The lowest BCUT2D eigenvalue weighted by atomic mass is 10.0. The lowest BCUT2D eigenvalue weighted by molar-refractivity contribution is -0.149. The second kappa shape index (κ2) is 4.81. The Morgan fingerprint density at radius 1 is 1.22 bits per heavy atom. The van der Waals surface area contributed by atoms with E-state index in [2.05, 4.69) is 0 Å². The van der Waals surface area contributed by atoms with Gasteiger partial charge in [0.15, 0.2) is 0 Å². The summed E-state index contributed by atoms with van der Waals surface area (Å²) in [5.74, 6) is -2.36.